The fourth-order valence-electron chi connectivity index (χ4n) is 10.1. The average Bonchev–Trinajstić information content (AvgIpc) is 3.86. The molecule has 1 heterocycles. The van der Waals surface area contributed by atoms with Gasteiger partial charge in [0.1, 0.15) is 5.58 Å². The highest BCUT2D eigenvalue weighted by molar-refractivity contribution is 6.14. The van der Waals surface area contributed by atoms with Crippen LogP contribution in [0.15, 0.2) is 229 Å². The van der Waals surface area contributed by atoms with Gasteiger partial charge in [-0.2, -0.15) is 0 Å². The molecule has 0 atom stereocenters. The largest absolute Gasteiger partial charge is 0.453 e. The molecule has 0 aliphatic heterocycles. The maximum absolute atomic E-state index is 7.00. The summed E-state index contributed by atoms with van der Waals surface area (Å²) in [6.45, 7) is 0. The van der Waals surface area contributed by atoms with Crippen molar-refractivity contribution in [2.75, 3.05) is 4.90 Å². The first-order valence-corrected chi connectivity index (χ1v) is 20.3. The van der Waals surface area contributed by atoms with E-state index in [2.05, 4.69) is 229 Å². The van der Waals surface area contributed by atoms with E-state index in [0.29, 0.717) is 0 Å². The lowest BCUT2D eigenvalue weighted by molar-refractivity contribution is 0.670. The minimum Gasteiger partial charge on any atom is -0.453 e. The number of rotatable bonds is 6. The van der Waals surface area contributed by atoms with Crippen LogP contribution in [0.5, 0.6) is 0 Å². The number of benzene rings is 10. The second-order valence-corrected chi connectivity index (χ2v) is 15.6. The van der Waals surface area contributed by atoms with Crippen LogP contribution in [-0.2, 0) is 5.41 Å². The van der Waals surface area contributed by atoms with E-state index >= 15 is 0 Å². The number of anilines is 3. The molecule has 0 bridgehead atoms. The standard InChI is InChI=1S/C57H37NO/c1-5-17-38(18-6-1)47-27-15-28-50-51-29-16-30-52(56(51)59-55(47)50)58(43-24-11-4-12-25-43)44-33-36-46-40(37-44)32-35-49-48-34-31-39-19-13-14-26-45(39)53(48)57(54(46)49,41-20-7-2-8-21-41)42-22-9-3-10-23-42/h1-37H. The molecule has 59 heavy (non-hydrogen) atoms. The third-order valence-electron chi connectivity index (χ3n) is 12.5. The Balaban J connectivity index is 1.12. The second kappa shape index (κ2) is 13.2. The quantitative estimate of drug-likeness (QED) is 0.168. The van der Waals surface area contributed by atoms with Crippen molar-refractivity contribution in [2.45, 2.75) is 5.41 Å². The fraction of sp³-hybridized carbons (Fsp3) is 0.0175. The Morgan fingerprint density at radius 3 is 1.58 bits per heavy atom. The van der Waals surface area contributed by atoms with E-state index in [1.807, 2.05) is 0 Å². The first-order chi connectivity index (χ1) is 29.3. The molecule has 2 heteroatoms. The summed E-state index contributed by atoms with van der Waals surface area (Å²) in [6, 6.07) is 81.6. The highest BCUT2D eigenvalue weighted by Crippen LogP contribution is 2.60. The van der Waals surface area contributed by atoms with Crippen LogP contribution in [0.25, 0.3) is 65.7 Å². The molecule has 0 unspecified atom stereocenters. The van der Waals surface area contributed by atoms with Crippen LogP contribution < -0.4 is 4.90 Å². The average molecular weight is 752 g/mol. The van der Waals surface area contributed by atoms with Gasteiger partial charge in [-0.1, -0.05) is 194 Å². The SMILES string of the molecule is c1ccc(-c2cccc3c2oc2c(N(c4ccccc4)c4ccc5c6c(ccc5c4)-c4ccc5ccccc5c4C6(c4ccccc4)c4ccccc4)cccc23)cc1. The highest BCUT2D eigenvalue weighted by atomic mass is 16.3. The number of furan rings is 1. The van der Waals surface area contributed by atoms with Gasteiger partial charge in [-0.3, -0.25) is 0 Å². The Morgan fingerprint density at radius 2 is 0.881 bits per heavy atom. The van der Waals surface area contributed by atoms with Gasteiger partial charge < -0.3 is 9.32 Å². The van der Waals surface area contributed by atoms with Crippen molar-refractivity contribution >= 4 is 60.5 Å². The van der Waals surface area contributed by atoms with Gasteiger partial charge in [-0.25, -0.2) is 0 Å². The van der Waals surface area contributed by atoms with Crippen molar-refractivity contribution in [3.05, 3.63) is 247 Å². The first-order valence-electron chi connectivity index (χ1n) is 20.3. The predicted octanol–water partition coefficient (Wildman–Crippen LogP) is 15.4. The lowest BCUT2D eigenvalue weighted by Crippen LogP contribution is -2.29. The van der Waals surface area contributed by atoms with Crippen molar-refractivity contribution in [1.82, 2.24) is 0 Å². The molecule has 0 spiro atoms. The topological polar surface area (TPSA) is 16.4 Å². The summed E-state index contributed by atoms with van der Waals surface area (Å²) in [5.74, 6) is 0. The maximum atomic E-state index is 7.00. The van der Waals surface area contributed by atoms with E-state index < -0.39 is 5.41 Å². The van der Waals surface area contributed by atoms with Crippen molar-refractivity contribution in [1.29, 1.82) is 0 Å². The fourth-order valence-corrected chi connectivity index (χ4v) is 10.1. The molecule has 0 amide bonds. The summed E-state index contributed by atoms with van der Waals surface area (Å²) in [6.07, 6.45) is 0. The van der Waals surface area contributed by atoms with E-state index in [4.69, 9.17) is 4.42 Å². The van der Waals surface area contributed by atoms with Gasteiger partial charge in [0.2, 0.25) is 0 Å². The van der Waals surface area contributed by atoms with Crippen LogP contribution in [0.2, 0.25) is 0 Å². The summed E-state index contributed by atoms with van der Waals surface area (Å²) in [5, 5.41) is 7.14. The monoisotopic (exact) mass is 751 g/mol. The molecule has 0 saturated heterocycles. The van der Waals surface area contributed by atoms with E-state index in [-0.39, 0.29) is 0 Å². The summed E-state index contributed by atoms with van der Waals surface area (Å²) in [4.78, 5) is 2.35. The maximum Gasteiger partial charge on any atom is 0.159 e. The Morgan fingerprint density at radius 1 is 0.339 bits per heavy atom. The number of para-hydroxylation sites is 3. The number of hydrogen-bond acceptors (Lipinski definition) is 2. The lowest BCUT2D eigenvalue weighted by Gasteiger charge is -2.35. The minimum absolute atomic E-state index is 0.551. The van der Waals surface area contributed by atoms with Crippen molar-refractivity contribution in [2.24, 2.45) is 0 Å². The van der Waals surface area contributed by atoms with Gasteiger partial charge in [-0.05, 0) is 90.8 Å². The van der Waals surface area contributed by atoms with Crippen LogP contribution in [0.1, 0.15) is 22.3 Å². The molecule has 0 saturated carbocycles. The molecule has 2 nitrogen and oxygen atoms in total. The molecule has 276 valence electrons. The van der Waals surface area contributed by atoms with Gasteiger partial charge in [0.05, 0.1) is 11.1 Å². The van der Waals surface area contributed by atoms with Gasteiger partial charge in [0, 0.05) is 27.7 Å². The molecular formula is C57H37NO. The predicted molar refractivity (Wildman–Crippen MR) is 246 cm³/mol. The van der Waals surface area contributed by atoms with Crippen LogP contribution in [0, 0.1) is 0 Å². The Hall–Kier alpha value is -7.68. The minimum atomic E-state index is -0.551. The Bertz CT molecular complexity index is 3330. The van der Waals surface area contributed by atoms with E-state index in [9.17, 15) is 0 Å². The number of fused-ring (bicyclic) bond motifs is 10. The molecule has 1 aliphatic rings. The van der Waals surface area contributed by atoms with Crippen molar-refractivity contribution in [3.63, 3.8) is 0 Å². The van der Waals surface area contributed by atoms with Gasteiger partial charge in [0.25, 0.3) is 0 Å². The Kier molecular flexibility index (Phi) is 7.48. The first kappa shape index (κ1) is 33.5. The summed E-state index contributed by atoms with van der Waals surface area (Å²) in [5.41, 5.74) is 14.3. The van der Waals surface area contributed by atoms with Crippen LogP contribution in [0.4, 0.5) is 17.1 Å². The summed E-state index contributed by atoms with van der Waals surface area (Å²) < 4.78 is 7.00. The molecule has 1 aliphatic carbocycles. The van der Waals surface area contributed by atoms with E-state index in [0.717, 1.165) is 50.1 Å². The van der Waals surface area contributed by atoms with Crippen LogP contribution in [-0.4, -0.2) is 0 Å². The molecule has 12 rings (SSSR count). The van der Waals surface area contributed by atoms with E-state index in [1.54, 1.807) is 0 Å². The third kappa shape index (κ3) is 4.93. The van der Waals surface area contributed by atoms with Gasteiger partial charge in [-0.15, -0.1) is 0 Å². The lowest BCUT2D eigenvalue weighted by atomic mass is 9.66. The molecule has 11 aromatic rings. The zero-order valence-corrected chi connectivity index (χ0v) is 32.2. The molecule has 0 radical (unpaired) electrons. The second-order valence-electron chi connectivity index (χ2n) is 15.6. The zero-order valence-electron chi connectivity index (χ0n) is 32.2. The van der Waals surface area contributed by atoms with Gasteiger partial charge >= 0.3 is 0 Å². The van der Waals surface area contributed by atoms with Gasteiger partial charge in [0.15, 0.2) is 5.58 Å². The van der Waals surface area contributed by atoms with Crippen LogP contribution in [0.3, 0.4) is 0 Å². The molecular weight excluding hydrogens is 715 g/mol. The molecule has 0 N–H and O–H groups in total. The van der Waals surface area contributed by atoms with E-state index in [1.165, 1.54) is 54.9 Å². The third-order valence-corrected chi connectivity index (χ3v) is 12.5. The van der Waals surface area contributed by atoms with Crippen molar-refractivity contribution in [3.8, 4) is 22.3 Å². The highest BCUT2D eigenvalue weighted by Gasteiger charge is 2.48. The molecule has 1 aromatic heterocycles. The zero-order chi connectivity index (χ0) is 38.9. The normalized spacial score (nSPS) is 12.9. The van der Waals surface area contributed by atoms with Crippen LogP contribution >= 0.6 is 0 Å². The van der Waals surface area contributed by atoms with Crippen molar-refractivity contribution < 1.29 is 4.42 Å². The molecule has 0 fully saturated rings. The summed E-state index contributed by atoms with van der Waals surface area (Å²) >= 11 is 0. The number of nitrogens with zero attached hydrogens (tertiary/aromatic N) is 1. The number of hydrogen-bond donors (Lipinski definition) is 0. The Labute approximate surface area is 342 Å². The summed E-state index contributed by atoms with van der Waals surface area (Å²) in [7, 11) is 0. The molecule has 10 aromatic carbocycles. The smallest absolute Gasteiger partial charge is 0.159 e.